The molecule has 4 nitrogen and oxygen atoms in total. The van der Waals surface area contributed by atoms with Gasteiger partial charge >= 0.3 is 0 Å². The minimum atomic E-state index is -0.398. The second-order valence-corrected chi connectivity index (χ2v) is 6.68. The van der Waals surface area contributed by atoms with Crippen LogP contribution in [0.2, 0.25) is 5.02 Å². The minimum Gasteiger partial charge on any atom is -0.492 e. The van der Waals surface area contributed by atoms with Crippen LogP contribution in [0.1, 0.15) is 31.2 Å². The normalized spacial score (nSPS) is 18.7. The summed E-state index contributed by atoms with van der Waals surface area (Å²) >= 11 is 6.12. The first-order chi connectivity index (χ1) is 11.7. The number of rotatable bonds is 6. The molecule has 1 saturated heterocycles. The van der Waals surface area contributed by atoms with Gasteiger partial charge in [-0.15, -0.1) is 0 Å². The predicted molar refractivity (Wildman–Crippen MR) is 92.9 cm³/mol. The summed E-state index contributed by atoms with van der Waals surface area (Å²) in [4.78, 5) is 2.44. The van der Waals surface area contributed by atoms with Gasteiger partial charge in [0.15, 0.2) is 11.6 Å². The standard InChI is InChI=1S/C18H23ClFN3O/c1-24-18-16(19)11-14(12-17(18)20)13-22-8-3-2-5-15(22)6-10-23-9-4-7-21-23/h4,7,9,11-12,15H,2-3,5-6,8,10,13H2,1H3. The Labute approximate surface area is 147 Å². The second kappa shape index (κ2) is 7.99. The van der Waals surface area contributed by atoms with E-state index < -0.39 is 5.82 Å². The molecule has 130 valence electrons. The van der Waals surface area contributed by atoms with Gasteiger partial charge in [-0.3, -0.25) is 9.58 Å². The fourth-order valence-corrected chi connectivity index (χ4v) is 3.75. The third kappa shape index (κ3) is 4.08. The zero-order valence-corrected chi connectivity index (χ0v) is 14.7. The first kappa shape index (κ1) is 17.2. The Bertz CT molecular complexity index is 639. The van der Waals surface area contributed by atoms with E-state index in [4.69, 9.17) is 16.3 Å². The molecule has 6 heteroatoms. The molecule has 0 amide bonds. The number of aromatic nitrogens is 2. The molecule has 1 aromatic heterocycles. The maximum absolute atomic E-state index is 14.1. The van der Waals surface area contributed by atoms with Crippen LogP contribution in [0.3, 0.4) is 0 Å². The molecule has 0 radical (unpaired) electrons. The third-order valence-electron chi connectivity index (χ3n) is 4.65. The van der Waals surface area contributed by atoms with E-state index in [-0.39, 0.29) is 5.75 Å². The molecule has 24 heavy (non-hydrogen) atoms. The van der Waals surface area contributed by atoms with Gasteiger partial charge in [0.25, 0.3) is 0 Å². The lowest BCUT2D eigenvalue weighted by atomic mass is 9.98. The summed E-state index contributed by atoms with van der Waals surface area (Å²) in [6, 6.07) is 5.78. The number of aryl methyl sites for hydroxylation is 1. The van der Waals surface area contributed by atoms with Crippen LogP contribution in [0.4, 0.5) is 4.39 Å². The number of hydrogen-bond donors (Lipinski definition) is 0. The van der Waals surface area contributed by atoms with Gasteiger partial charge in [-0.1, -0.05) is 18.0 Å². The van der Waals surface area contributed by atoms with Crippen molar-refractivity contribution in [3.05, 3.63) is 47.0 Å². The Kier molecular flexibility index (Phi) is 5.74. The van der Waals surface area contributed by atoms with Crippen LogP contribution in [-0.4, -0.2) is 34.4 Å². The molecule has 1 aromatic carbocycles. The van der Waals surface area contributed by atoms with Crippen LogP contribution >= 0.6 is 11.6 Å². The number of piperidine rings is 1. The van der Waals surface area contributed by atoms with Gasteiger partial charge in [-0.25, -0.2) is 4.39 Å². The minimum absolute atomic E-state index is 0.120. The van der Waals surface area contributed by atoms with E-state index in [0.29, 0.717) is 17.6 Å². The number of likely N-dealkylation sites (tertiary alicyclic amines) is 1. The fraction of sp³-hybridized carbons (Fsp3) is 0.500. The van der Waals surface area contributed by atoms with Crippen LogP contribution in [0.5, 0.6) is 5.75 Å². The molecule has 0 spiro atoms. The number of benzene rings is 1. The molecule has 0 saturated carbocycles. The van der Waals surface area contributed by atoms with Gasteiger partial charge < -0.3 is 4.74 Å². The van der Waals surface area contributed by atoms with Crippen molar-refractivity contribution in [1.29, 1.82) is 0 Å². The highest BCUT2D eigenvalue weighted by atomic mass is 35.5. The molecule has 1 aliphatic heterocycles. The zero-order chi connectivity index (χ0) is 16.9. The van der Waals surface area contributed by atoms with Crippen molar-refractivity contribution in [1.82, 2.24) is 14.7 Å². The van der Waals surface area contributed by atoms with Gasteiger partial charge in [0, 0.05) is 31.5 Å². The molecule has 0 bridgehead atoms. The maximum atomic E-state index is 14.1. The van der Waals surface area contributed by atoms with Crippen molar-refractivity contribution in [2.75, 3.05) is 13.7 Å². The Morgan fingerprint density at radius 1 is 1.38 bits per heavy atom. The van der Waals surface area contributed by atoms with E-state index >= 15 is 0 Å². The summed E-state index contributed by atoms with van der Waals surface area (Å²) < 4.78 is 21.0. The molecule has 0 N–H and O–H groups in total. The van der Waals surface area contributed by atoms with Crippen LogP contribution in [-0.2, 0) is 13.1 Å². The smallest absolute Gasteiger partial charge is 0.173 e. The van der Waals surface area contributed by atoms with Crippen molar-refractivity contribution in [3.63, 3.8) is 0 Å². The molecule has 1 fully saturated rings. The summed E-state index contributed by atoms with van der Waals surface area (Å²) in [6.07, 6.45) is 8.46. The van der Waals surface area contributed by atoms with Crippen molar-refractivity contribution in [3.8, 4) is 5.75 Å². The van der Waals surface area contributed by atoms with Crippen molar-refractivity contribution in [2.45, 2.75) is 44.8 Å². The van der Waals surface area contributed by atoms with E-state index in [1.54, 1.807) is 6.20 Å². The summed E-state index contributed by atoms with van der Waals surface area (Å²) in [6.45, 7) is 2.66. The number of halogens is 2. The molecule has 1 unspecified atom stereocenters. The lowest BCUT2D eigenvalue weighted by Gasteiger charge is -2.36. The molecule has 3 rings (SSSR count). The highest BCUT2D eigenvalue weighted by molar-refractivity contribution is 6.32. The lowest BCUT2D eigenvalue weighted by molar-refractivity contribution is 0.127. The van der Waals surface area contributed by atoms with E-state index in [0.717, 1.165) is 25.1 Å². The van der Waals surface area contributed by atoms with E-state index in [2.05, 4.69) is 10.00 Å². The van der Waals surface area contributed by atoms with E-state index in [1.165, 1.54) is 32.4 Å². The van der Waals surface area contributed by atoms with Crippen LogP contribution < -0.4 is 4.74 Å². The Morgan fingerprint density at radius 3 is 2.96 bits per heavy atom. The molecular weight excluding hydrogens is 329 g/mol. The van der Waals surface area contributed by atoms with Crippen molar-refractivity contribution in [2.24, 2.45) is 0 Å². The van der Waals surface area contributed by atoms with Gasteiger partial charge in [0.1, 0.15) is 0 Å². The third-order valence-corrected chi connectivity index (χ3v) is 4.93. The van der Waals surface area contributed by atoms with Crippen LogP contribution in [0.15, 0.2) is 30.6 Å². The summed E-state index contributed by atoms with van der Waals surface area (Å²) in [7, 11) is 1.43. The molecule has 2 heterocycles. The molecule has 2 aromatic rings. The summed E-state index contributed by atoms with van der Waals surface area (Å²) in [5.74, 6) is -0.278. The monoisotopic (exact) mass is 351 g/mol. The van der Waals surface area contributed by atoms with Gasteiger partial charge in [0.2, 0.25) is 0 Å². The molecule has 0 aliphatic carbocycles. The molecule has 1 aliphatic rings. The Morgan fingerprint density at radius 2 is 2.25 bits per heavy atom. The van der Waals surface area contributed by atoms with Crippen molar-refractivity contribution < 1.29 is 9.13 Å². The Balaban J connectivity index is 1.67. The Hall–Kier alpha value is -1.59. The summed E-state index contributed by atoms with van der Waals surface area (Å²) in [5, 5.41) is 4.60. The lowest BCUT2D eigenvalue weighted by Crippen LogP contribution is -2.39. The fourth-order valence-electron chi connectivity index (χ4n) is 3.44. The first-order valence-electron chi connectivity index (χ1n) is 8.41. The van der Waals surface area contributed by atoms with Crippen LogP contribution in [0, 0.1) is 5.82 Å². The SMILES string of the molecule is COc1c(F)cc(CN2CCCCC2CCn2cccn2)cc1Cl. The van der Waals surface area contributed by atoms with E-state index in [9.17, 15) is 4.39 Å². The number of methoxy groups -OCH3 is 1. The highest BCUT2D eigenvalue weighted by Gasteiger charge is 2.23. The number of ether oxygens (including phenoxy) is 1. The quantitative estimate of drug-likeness (QED) is 0.784. The predicted octanol–water partition coefficient (Wildman–Crippen LogP) is 4.13. The van der Waals surface area contributed by atoms with Crippen molar-refractivity contribution >= 4 is 11.6 Å². The van der Waals surface area contributed by atoms with Gasteiger partial charge in [-0.2, -0.15) is 5.10 Å². The van der Waals surface area contributed by atoms with Crippen LogP contribution in [0.25, 0.3) is 0 Å². The molecule has 1 atom stereocenters. The van der Waals surface area contributed by atoms with Gasteiger partial charge in [0.05, 0.1) is 12.1 Å². The molecular formula is C18H23ClFN3O. The average molecular weight is 352 g/mol. The highest BCUT2D eigenvalue weighted by Crippen LogP contribution is 2.30. The zero-order valence-electron chi connectivity index (χ0n) is 13.9. The van der Waals surface area contributed by atoms with Gasteiger partial charge in [-0.05, 0) is 49.6 Å². The maximum Gasteiger partial charge on any atom is 0.173 e. The first-order valence-corrected chi connectivity index (χ1v) is 8.78. The number of hydrogen-bond acceptors (Lipinski definition) is 3. The van der Waals surface area contributed by atoms with E-state index in [1.807, 2.05) is 23.0 Å². The average Bonchev–Trinajstić information content (AvgIpc) is 3.07. The largest absolute Gasteiger partial charge is 0.492 e. The second-order valence-electron chi connectivity index (χ2n) is 6.27. The summed E-state index contributed by atoms with van der Waals surface area (Å²) in [5.41, 5.74) is 0.893. The topological polar surface area (TPSA) is 30.3 Å². The number of nitrogens with zero attached hydrogens (tertiary/aromatic N) is 3.